The SMILES string of the molecule is NC(=O)c1c(N)[nH]c2cc(N([O-])O)ccc12. The molecular formula is C9H9N4O3-. The van der Waals surface area contributed by atoms with Crippen LogP contribution in [0.5, 0.6) is 0 Å². The quantitative estimate of drug-likeness (QED) is 0.549. The van der Waals surface area contributed by atoms with Crippen molar-refractivity contribution in [2.45, 2.75) is 0 Å². The van der Waals surface area contributed by atoms with Gasteiger partial charge in [0.2, 0.25) is 0 Å². The van der Waals surface area contributed by atoms with E-state index in [2.05, 4.69) is 4.98 Å². The van der Waals surface area contributed by atoms with Gasteiger partial charge in [0.25, 0.3) is 5.91 Å². The van der Waals surface area contributed by atoms with Crippen LogP contribution in [0.25, 0.3) is 10.9 Å². The number of aromatic nitrogens is 1. The molecule has 1 aromatic carbocycles. The first kappa shape index (κ1) is 10.3. The van der Waals surface area contributed by atoms with Crippen molar-refractivity contribution in [3.63, 3.8) is 0 Å². The number of H-pyrrole nitrogens is 1. The summed E-state index contributed by atoms with van der Waals surface area (Å²) >= 11 is 0. The maximum atomic E-state index is 11.1. The number of nitrogen functional groups attached to an aromatic ring is 1. The Balaban J connectivity index is 2.70. The van der Waals surface area contributed by atoms with Crippen LogP contribution in [0, 0.1) is 5.21 Å². The van der Waals surface area contributed by atoms with Gasteiger partial charge in [0.05, 0.1) is 11.3 Å². The van der Waals surface area contributed by atoms with Crippen molar-refractivity contribution in [2.24, 2.45) is 5.73 Å². The molecule has 0 atom stereocenters. The molecule has 1 heterocycles. The summed E-state index contributed by atoms with van der Waals surface area (Å²) in [5.74, 6) is -0.519. The van der Waals surface area contributed by atoms with Crippen molar-refractivity contribution < 1.29 is 10.0 Å². The van der Waals surface area contributed by atoms with Crippen molar-refractivity contribution >= 4 is 28.3 Å². The molecule has 7 heteroatoms. The van der Waals surface area contributed by atoms with Gasteiger partial charge in [-0.2, -0.15) is 0 Å². The fourth-order valence-corrected chi connectivity index (χ4v) is 1.59. The number of benzene rings is 1. The highest BCUT2D eigenvalue weighted by atomic mass is 16.8. The molecule has 2 rings (SSSR count). The second-order valence-corrected chi connectivity index (χ2v) is 3.28. The number of nitrogens with two attached hydrogens (primary N) is 2. The fourth-order valence-electron chi connectivity index (χ4n) is 1.59. The zero-order valence-electron chi connectivity index (χ0n) is 8.10. The van der Waals surface area contributed by atoms with Crippen molar-refractivity contribution in [3.8, 4) is 0 Å². The molecule has 6 N–H and O–H groups in total. The van der Waals surface area contributed by atoms with E-state index in [0.29, 0.717) is 10.9 Å². The number of rotatable bonds is 2. The van der Waals surface area contributed by atoms with Gasteiger partial charge in [-0.15, -0.1) is 0 Å². The molecule has 0 aliphatic carbocycles. The lowest BCUT2D eigenvalue weighted by molar-refractivity contribution is 0.100. The predicted octanol–water partition coefficient (Wildman–Crippen LogP) is 0.542. The number of carbonyl (C=O) groups excluding carboxylic acids is 1. The topological polar surface area (TPSA) is 131 Å². The van der Waals surface area contributed by atoms with Gasteiger partial charge in [-0.05, 0) is 18.2 Å². The fraction of sp³-hybridized carbons (Fsp3) is 0. The molecule has 0 saturated heterocycles. The molecular weight excluding hydrogens is 212 g/mol. The summed E-state index contributed by atoms with van der Waals surface area (Å²) in [6.07, 6.45) is 0. The second kappa shape index (κ2) is 3.40. The molecule has 0 radical (unpaired) electrons. The molecule has 0 aliphatic heterocycles. The van der Waals surface area contributed by atoms with Crippen LogP contribution in [-0.4, -0.2) is 16.1 Å². The number of hydrogen-bond acceptors (Lipinski definition) is 5. The number of fused-ring (bicyclic) bond motifs is 1. The molecule has 84 valence electrons. The largest absolute Gasteiger partial charge is 0.733 e. The van der Waals surface area contributed by atoms with E-state index in [1.54, 1.807) is 0 Å². The Morgan fingerprint density at radius 1 is 1.50 bits per heavy atom. The zero-order chi connectivity index (χ0) is 11.9. The average Bonchev–Trinajstić information content (AvgIpc) is 2.51. The van der Waals surface area contributed by atoms with Crippen molar-refractivity contribution in [2.75, 3.05) is 11.0 Å². The summed E-state index contributed by atoms with van der Waals surface area (Å²) < 4.78 is 0. The van der Waals surface area contributed by atoms with Gasteiger partial charge >= 0.3 is 0 Å². The zero-order valence-corrected chi connectivity index (χ0v) is 8.10. The van der Waals surface area contributed by atoms with E-state index < -0.39 is 5.91 Å². The van der Waals surface area contributed by atoms with Crippen molar-refractivity contribution in [3.05, 3.63) is 29.0 Å². The van der Waals surface area contributed by atoms with Gasteiger partial charge in [0, 0.05) is 10.9 Å². The first-order valence-corrected chi connectivity index (χ1v) is 4.38. The molecule has 7 nitrogen and oxygen atoms in total. The highest BCUT2D eigenvalue weighted by Gasteiger charge is 2.14. The minimum absolute atomic E-state index is 0.0322. The number of aromatic amines is 1. The van der Waals surface area contributed by atoms with Crippen LogP contribution >= 0.6 is 0 Å². The first-order valence-electron chi connectivity index (χ1n) is 4.38. The van der Waals surface area contributed by atoms with Crippen molar-refractivity contribution in [1.29, 1.82) is 0 Å². The first-order chi connectivity index (χ1) is 7.50. The van der Waals surface area contributed by atoms with E-state index in [-0.39, 0.29) is 22.3 Å². The van der Waals surface area contributed by atoms with Gasteiger partial charge in [-0.3, -0.25) is 10.0 Å². The van der Waals surface area contributed by atoms with Crippen LogP contribution in [-0.2, 0) is 0 Å². The van der Waals surface area contributed by atoms with Crippen LogP contribution in [0.15, 0.2) is 18.2 Å². The van der Waals surface area contributed by atoms with E-state index >= 15 is 0 Å². The van der Waals surface area contributed by atoms with Crippen LogP contribution in [0.3, 0.4) is 0 Å². The molecule has 0 fully saturated rings. The number of anilines is 2. The molecule has 1 aromatic heterocycles. The monoisotopic (exact) mass is 221 g/mol. The minimum atomic E-state index is -0.653. The maximum absolute atomic E-state index is 11.1. The number of nitrogens with zero attached hydrogens (tertiary/aromatic N) is 1. The van der Waals surface area contributed by atoms with Gasteiger partial charge in [-0.1, -0.05) is 0 Å². The maximum Gasteiger partial charge on any atom is 0.253 e. The Kier molecular flexibility index (Phi) is 2.18. The van der Waals surface area contributed by atoms with Gasteiger partial charge < -0.3 is 26.9 Å². The van der Waals surface area contributed by atoms with Crippen molar-refractivity contribution in [1.82, 2.24) is 4.98 Å². The predicted molar refractivity (Wildman–Crippen MR) is 58.9 cm³/mol. The third kappa shape index (κ3) is 1.44. The summed E-state index contributed by atoms with van der Waals surface area (Å²) in [4.78, 5) is 13.8. The summed E-state index contributed by atoms with van der Waals surface area (Å²) in [7, 11) is 0. The molecule has 0 bridgehead atoms. The normalized spacial score (nSPS) is 10.6. The van der Waals surface area contributed by atoms with Crippen LogP contribution in [0.4, 0.5) is 11.5 Å². The van der Waals surface area contributed by atoms with Crippen LogP contribution in [0.1, 0.15) is 10.4 Å². The minimum Gasteiger partial charge on any atom is -0.733 e. The second-order valence-electron chi connectivity index (χ2n) is 3.28. The summed E-state index contributed by atoms with van der Waals surface area (Å²) in [5, 5.41) is 19.6. The van der Waals surface area contributed by atoms with E-state index in [4.69, 9.17) is 16.7 Å². The lowest BCUT2D eigenvalue weighted by Gasteiger charge is -2.21. The third-order valence-electron chi connectivity index (χ3n) is 2.28. The van der Waals surface area contributed by atoms with Gasteiger partial charge in [-0.25, -0.2) is 0 Å². The van der Waals surface area contributed by atoms with Gasteiger partial charge in [0.15, 0.2) is 0 Å². The Morgan fingerprint density at radius 3 is 2.75 bits per heavy atom. The highest BCUT2D eigenvalue weighted by molar-refractivity contribution is 6.11. The standard InChI is InChI=1S/C9H9N4O3/c10-8-7(9(11)14)5-2-1-4(13(15)16)3-6(5)12-8/h1-3,12,15H,10H2,(H2,11,14)/q-1. The Bertz CT molecular complexity index is 561. The molecule has 0 unspecified atom stereocenters. The van der Waals surface area contributed by atoms with Crippen LogP contribution < -0.4 is 16.7 Å². The Hall–Kier alpha value is -2.25. The average molecular weight is 221 g/mol. The highest BCUT2D eigenvalue weighted by Crippen LogP contribution is 2.27. The summed E-state index contributed by atoms with van der Waals surface area (Å²) in [6.45, 7) is 0. The third-order valence-corrected chi connectivity index (χ3v) is 2.28. The molecule has 1 amide bonds. The molecule has 0 spiro atoms. The molecule has 16 heavy (non-hydrogen) atoms. The lowest BCUT2D eigenvalue weighted by atomic mass is 10.1. The molecule has 0 saturated carbocycles. The number of nitrogens with one attached hydrogen (secondary N) is 1. The molecule has 0 aliphatic rings. The van der Waals surface area contributed by atoms with Crippen LogP contribution in [0.2, 0.25) is 0 Å². The van der Waals surface area contributed by atoms with E-state index in [1.165, 1.54) is 18.2 Å². The summed E-state index contributed by atoms with van der Waals surface area (Å²) in [6, 6.07) is 4.21. The lowest BCUT2D eigenvalue weighted by Crippen LogP contribution is -2.12. The Labute approximate surface area is 89.8 Å². The van der Waals surface area contributed by atoms with E-state index in [0.717, 1.165) is 0 Å². The number of hydrogen-bond donors (Lipinski definition) is 4. The number of amides is 1. The Morgan fingerprint density at radius 2 is 2.19 bits per heavy atom. The molecule has 2 aromatic rings. The van der Waals surface area contributed by atoms with E-state index in [1.807, 2.05) is 0 Å². The number of primary amides is 1. The summed E-state index contributed by atoms with van der Waals surface area (Å²) in [5.41, 5.74) is 11.4. The smallest absolute Gasteiger partial charge is 0.253 e. The van der Waals surface area contributed by atoms with Gasteiger partial charge in [0.1, 0.15) is 5.82 Å². The number of carbonyl (C=O) groups is 1. The van der Waals surface area contributed by atoms with E-state index in [9.17, 15) is 10.0 Å².